The summed E-state index contributed by atoms with van der Waals surface area (Å²) in [5.41, 5.74) is -0.114. The van der Waals surface area contributed by atoms with Crippen molar-refractivity contribution in [2.75, 3.05) is 0 Å². The first-order chi connectivity index (χ1) is 6.75. The van der Waals surface area contributed by atoms with Gasteiger partial charge in [0.25, 0.3) is 5.78 Å². The number of aryl methyl sites for hydroxylation is 1. The molecule has 0 amide bonds. The molecule has 6 heteroatoms. The van der Waals surface area contributed by atoms with Crippen LogP contribution in [0.2, 0.25) is 5.02 Å². The van der Waals surface area contributed by atoms with E-state index in [1.165, 1.54) is 19.1 Å². The Hall–Kier alpha value is -0.550. The third-order valence-corrected chi connectivity index (χ3v) is 2.92. The molecule has 0 atom stereocenters. The number of benzene rings is 1. The number of Topliss-reactive ketones (excluding diaryl/α,β-unsaturated/α-hetero) is 1. The van der Waals surface area contributed by atoms with Crippen LogP contribution in [0, 0.1) is 6.92 Å². The molecule has 0 N–H and O–H groups in total. The van der Waals surface area contributed by atoms with Crippen LogP contribution in [-0.4, -0.2) is 12.0 Å². The van der Waals surface area contributed by atoms with Crippen molar-refractivity contribution in [2.45, 2.75) is 13.1 Å². The second-order valence-electron chi connectivity index (χ2n) is 2.88. The Bertz CT molecular complexity index is 415. The molecule has 0 unspecified atom stereocenters. The Balaban J connectivity index is 3.38. The van der Waals surface area contributed by atoms with Gasteiger partial charge < -0.3 is 0 Å². The van der Waals surface area contributed by atoms with Crippen molar-refractivity contribution in [2.24, 2.45) is 0 Å². The Labute approximate surface area is 97.4 Å². The molecule has 0 saturated carbocycles. The molecule has 0 aliphatic heterocycles. The molecule has 0 fully saturated rings. The topological polar surface area (TPSA) is 17.1 Å². The first-order valence-corrected chi connectivity index (χ1v) is 4.98. The summed E-state index contributed by atoms with van der Waals surface area (Å²) in [7, 11) is 0. The first-order valence-electron chi connectivity index (χ1n) is 3.81. The minimum absolute atomic E-state index is 0.0421. The van der Waals surface area contributed by atoms with Crippen molar-refractivity contribution in [3.8, 4) is 0 Å². The van der Waals surface area contributed by atoms with Gasteiger partial charge in [0.2, 0.25) is 0 Å². The molecule has 0 aromatic heterocycles. The molecule has 0 radical (unpaired) electrons. The molecule has 1 aromatic rings. The van der Waals surface area contributed by atoms with E-state index < -0.39 is 17.5 Å². The maximum absolute atomic E-state index is 12.2. The Morgan fingerprint density at radius 3 is 2.40 bits per heavy atom. The van der Waals surface area contributed by atoms with Gasteiger partial charge in [0.1, 0.15) is 0 Å². The van der Waals surface area contributed by atoms with Gasteiger partial charge in [-0.15, -0.1) is 0 Å². The molecule has 0 spiro atoms. The summed E-state index contributed by atoms with van der Waals surface area (Å²) in [6, 6.07) is 2.89. The highest BCUT2D eigenvalue weighted by atomic mass is 79.9. The Morgan fingerprint density at radius 2 is 1.93 bits per heavy atom. The summed E-state index contributed by atoms with van der Waals surface area (Å²) in [5.74, 6) is -1.94. The van der Waals surface area contributed by atoms with Crippen LogP contribution in [0.1, 0.15) is 15.9 Å². The minimum Gasteiger partial charge on any atom is -0.284 e. The zero-order chi connectivity index (χ0) is 11.8. The van der Waals surface area contributed by atoms with Gasteiger partial charge in [0.05, 0.1) is 10.6 Å². The van der Waals surface area contributed by atoms with Crippen molar-refractivity contribution in [1.82, 2.24) is 0 Å². The molecule has 0 aliphatic carbocycles. The van der Waals surface area contributed by atoms with Gasteiger partial charge >= 0.3 is 6.18 Å². The van der Waals surface area contributed by atoms with Gasteiger partial charge in [0, 0.05) is 4.47 Å². The van der Waals surface area contributed by atoms with E-state index in [-0.39, 0.29) is 9.50 Å². The number of halogens is 5. The monoisotopic (exact) mass is 300 g/mol. The van der Waals surface area contributed by atoms with Crippen molar-refractivity contribution in [1.29, 1.82) is 0 Å². The maximum Gasteiger partial charge on any atom is 0.454 e. The molecule has 1 rings (SSSR count). The lowest BCUT2D eigenvalue weighted by Gasteiger charge is -2.10. The number of carbonyl (C=O) groups is 1. The summed E-state index contributed by atoms with van der Waals surface area (Å²) in [6.07, 6.45) is -4.92. The summed E-state index contributed by atoms with van der Waals surface area (Å²) in [4.78, 5) is 11.0. The third-order valence-electron chi connectivity index (χ3n) is 1.77. The van der Waals surface area contributed by atoms with Crippen LogP contribution in [-0.2, 0) is 0 Å². The fourth-order valence-corrected chi connectivity index (χ4v) is 1.88. The van der Waals surface area contributed by atoms with Crippen LogP contribution in [0.3, 0.4) is 0 Å². The van der Waals surface area contributed by atoms with E-state index in [2.05, 4.69) is 15.9 Å². The minimum atomic E-state index is -4.92. The molecule has 0 heterocycles. The molecule has 1 aromatic carbocycles. The average molecular weight is 301 g/mol. The van der Waals surface area contributed by atoms with Crippen molar-refractivity contribution >= 4 is 33.3 Å². The van der Waals surface area contributed by atoms with Gasteiger partial charge in [-0.3, -0.25) is 4.79 Å². The zero-order valence-corrected chi connectivity index (χ0v) is 9.79. The highest BCUT2D eigenvalue weighted by molar-refractivity contribution is 9.10. The fourth-order valence-electron chi connectivity index (χ4n) is 1.01. The van der Waals surface area contributed by atoms with E-state index in [0.717, 1.165) is 0 Å². The molecule has 0 aliphatic rings. The van der Waals surface area contributed by atoms with Crippen molar-refractivity contribution in [3.63, 3.8) is 0 Å². The summed E-state index contributed by atoms with van der Waals surface area (Å²) >= 11 is 8.52. The van der Waals surface area contributed by atoms with Gasteiger partial charge in [-0.1, -0.05) is 17.7 Å². The second-order valence-corrected chi connectivity index (χ2v) is 4.11. The number of alkyl halides is 3. The molecule has 1 nitrogen and oxygen atoms in total. The van der Waals surface area contributed by atoms with E-state index in [4.69, 9.17) is 11.6 Å². The predicted octanol–water partition coefficient (Wildman–Crippen LogP) is 4.16. The lowest BCUT2D eigenvalue weighted by Crippen LogP contribution is -2.23. The van der Waals surface area contributed by atoms with Crippen LogP contribution >= 0.6 is 27.5 Å². The maximum atomic E-state index is 12.2. The first kappa shape index (κ1) is 12.5. The molecule has 0 saturated heterocycles. The predicted molar refractivity (Wildman–Crippen MR) is 54.3 cm³/mol. The average Bonchev–Trinajstić information content (AvgIpc) is 2.10. The second kappa shape index (κ2) is 4.14. The summed E-state index contributed by atoms with van der Waals surface area (Å²) in [5, 5.41) is -0.174. The van der Waals surface area contributed by atoms with Gasteiger partial charge in [-0.05, 0) is 34.5 Å². The number of rotatable bonds is 1. The SMILES string of the molecule is Cc1ccc(Br)c(C(=O)C(F)(F)F)c1Cl. The van der Waals surface area contributed by atoms with E-state index in [1.807, 2.05) is 0 Å². The highest BCUT2D eigenvalue weighted by Gasteiger charge is 2.41. The Morgan fingerprint density at radius 1 is 1.40 bits per heavy atom. The van der Waals surface area contributed by atoms with Gasteiger partial charge in [0.15, 0.2) is 0 Å². The van der Waals surface area contributed by atoms with Crippen molar-refractivity contribution < 1.29 is 18.0 Å². The number of hydrogen-bond donors (Lipinski definition) is 0. The standard InChI is InChI=1S/C9H5BrClF3O/c1-4-2-3-5(10)6(7(4)11)8(15)9(12,13)14/h2-3H,1H3. The van der Waals surface area contributed by atoms with E-state index >= 15 is 0 Å². The Kier molecular flexibility index (Phi) is 3.45. The number of ketones is 1. The van der Waals surface area contributed by atoms with Crippen LogP contribution in [0.25, 0.3) is 0 Å². The van der Waals surface area contributed by atoms with E-state index in [1.54, 1.807) is 0 Å². The van der Waals surface area contributed by atoms with Gasteiger partial charge in [-0.25, -0.2) is 0 Å². The van der Waals surface area contributed by atoms with Gasteiger partial charge in [-0.2, -0.15) is 13.2 Å². The van der Waals surface area contributed by atoms with E-state index in [9.17, 15) is 18.0 Å². The smallest absolute Gasteiger partial charge is 0.284 e. The fraction of sp³-hybridized carbons (Fsp3) is 0.222. The van der Waals surface area contributed by atoms with Crippen LogP contribution in [0.5, 0.6) is 0 Å². The number of carbonyl (C=O) groups excluding carboxylic acids is 1. The molecule has 82 valence electrons. The normalized spacial score (nSPS) is 11.6. The molecule has 0 bridgehead atoms. The largest absolute Gasteiger partial charge is 0.454 e. The lowest BCUT2D eigenvalue weighted by molar-refractivity contribution is -0.0885. The highest BCUT2D eigenvalue weighted by Crippen LogP contribution is 2.33. The molecule has 15 heavy (non-hydrogen) atoms. The molecular formula is C9H5BrClF3O. The van der Waals surface area contributed by atoms with Crippen LogP contribution < -0.4 is 0 Å². The van der Waals surface area contributed by atoms with Crippen molar-refractivity contribution in [3.05, 3.63) is 32.8 Å². The lowest BCUT2D eigenvalue weighted by atomic mass is 10.1. The summed E-state index contributed by atoms with van der Waals surface area (Å²) in [6.45, 7) is 1.53. The molecular weight excluding hydrogens is 296 g/mol. The van der Waals surface area contributed by atoms with Crippen LogP contribution in [0.15, 0.2) is 16.6 Å². The zero-order valence-electron chi connectivity index (χ0n) is 7.45. The third kappa shape index (κ3) is 2.52. The van der Waals surface area contributed by atoms with Crippen LogP contribution in [0.4, 0.5) is 13.2 Å². The summed E-state index contributed by atoms with van der Waals surface area (Å²) < 4.78 is 36.6. The quantitative estimate of drug-likeness (QED) is 0.712. The van der Waals surface area contributed by atoms with E-state index in [0.29, 0.717) is 5.56 Å². The number of hydrogen-bond acceptors (Lipinski definition) is 1.